The SMILES string of the molecule is COc1ccc(CN2CC(O)=C(c3nc(-c4ccc(OC)cc4)cs3)C2=N)cc1. The van der Waals surface area contributed by atoms with E-state index >= 15 is 0 Å². The molecule has 3 aromatic rings. The molecule has 0 saturated heterocycles. The quantitative estimate of drug-likeness (QED) is 0.625. The van der Waals surface area contributed by atoms with Crippen molar-refractivity contribution in [3.63, 3.8) is 0 Å². The minimum Gasteiger partial charge on any atom is -0.510 e. The van der Waals surface area contributed by atoms with Gasteiger partial charge in [0, 0.05) is 17.5 Å². The van der Waals surface area contributed by atoms with E-state index in [-0.39, 0.29) is 11.6 Å². The average molecular weight is 407 g/mol. The smallest absolute Gasteiger partial charge is 0.135 e. The van der Waals surface area contributed by atoms with Crippen LogP contribution in [0, 0.1) is 5.41 Å². The van der Waals surface area contributed by atoms with Crippen LogP contribution in [0.2, 0.25) is 0 Å². The molecule has 0 amide bonds. The monoisotopic (exact) mass is 407 g/mol. The van der Waals surface area contributed by atoms with Crippen molar-refractivity contribution in [1.82, 2.24) is 9.88 Å². The second-order valence-corrected chi connectivity index (χ2v) is 7.50. The summed E-state index contributed by atoms with van der Waals surface area (Å²) in [6, 6.07) is 15.4. The molecular formula is C22H21N3O3S. The minimum atomic E-state index is 0.180. The summed E-state index contributed by atoms with van der Waals surface area (Å²) in [6.07, 6.45) is 0. The number of hydrogen-bond donors (Lipinski definition) is 2. The summed E-state index contributed by atoms with van der Waals surface area (Å²) < 4.78 is 10.4. The molecule has 0 bridgehead atoms. The van der Waals surface area contributed by atoms with Crippen molar-refractivity contribution in [2.75, 3.05) is 20.8 Å². The molecule has 6 nitrogen and oxygen atoms in total. The molecule has 1 aliphatic rings. The second-order valence-electron chi connectivity index (χ2n) is 6.64. The van der Waals surface area contributed by atoms with Crippen LogP contribution in [0.4, 0.5) is 0 Å². The molecule has 2 N–H and O–H groups in total. The van der Waals surface area contributed by atoms with Gasteiger partial charge in [-0.3, -0.25) is 5.41 Å². The van der Waals surface area contributed by atoms with Gasteiger partial charge in [0.15, 0.2) is 0 Å². The van der Waals surface area contributed by atoms with Crippen molar-refractivity contribution in [3.8, 4) is 22.8 Å². The lowest BCUT2D eigenvalue weighted by Crippen LogP contribution is -2.26. The fraction of sp³-hybridized carbons (Fsp3) is 0.182. The molecule has 2 aromatic carbocycles. The topological polar surface area (TPSA) is 78.7 Å². The van der Waals surface area contributed by atoms with E-state index in [1.165, 1.54) is 11.3 Å². The predicted octanol–water partition coefficient (Wildman–Crippen LogP) is 4.59. The van der Waals surface area contributed by atoms with Crippen molar-refractivity contribution in [2.45, 2.75) is 6.54 Å². The zero-order chi connectivity index (χ0) is 20.4. The summed E-state index contributed by atoms with van der Waals surface area (Å²) in [7, 11) is 3.27. The molecular weight excluding hydrogens is 386 g/mol. The Kier molecular flexibility index (Phi) is 5.22. The third kappa shape index (κ3) is 3.82. The molecule has 0 atom stereocenters. The van der Waals surface area contributed by atoms with E-state index in [2.05, 4.69) is 4.98 Å². The zero-order valence-corrected chi connectivity index (χ0v) is 17.0. The number of thiazole rings is 1. The van der Waals surface area contributed by atoms with Crippen molar-refractivity contribution in [1.29, 1.82) is 5.41 Å². The highest BCUT2D eigenvalue weighted by Crippen LogP contribution is 2.33. The van der Waals surface area contributed by atoms with Gasteiger partial charge >= 0.3 is 0 Å². The first kappa shape index (κ1) is 19.0. The van der Waals surface area contributed by atoms with E-state index in [0.29, 0.717) is 23.7 Å². The number of methoxy groups -OCH3 is 2. The summed E-state index contributed by atoms with van der Waals surface area (Å²) in [5, 5.41) is 21.7. The third-order valence-electron chi connectivity index (χ3n) is 4.82. The predicted molar refractivity (Wildman–Crippen MR) is 115 cm³/mol. The zero-order valence-electron chi connectivity index (χ0n) is 16.2. The van der Waals surface area contributed by atoms with Crippen molar-refractivity contribution < 1.29 is 14.6 Å². The first-order valence-corrected chi connectivity index (χ1v) is 9.96. The van der Waals surface area contributed by atoms with Gasteiger partial charge in [-0.05, 0) is 42.0 Å². The fourth-order valence-corrected chi connectivity index (χ4v) is 4.12. The minimum absolute atomic E-state index is 0.180. The molecule has 1 aromatic heterocycles. The number of aromatic nitrogens is 1. The van der Waals surface area contributed by atoms with Crippen LogP contribution < -0.4 is 9.47 Å². The average Bonchev–Trinajstić information content (AvgIpc) is 3.33. The molecule has 2 heterocycles. The molecule has 29 heavy (non-hydrogen) atoms. The Bertz CT molecular complexity index is 1060. The van der Waals surface area contributed by atoms with E-state index < -0.39 is 0 Å². The molecule has 0 radical (unpaired) electrons. The molecule has 1 aliphatic heterocycles. The number of nitrogens with one attached hydrogen (secondary N) is 1. The van der Waals surface area contributed by atoms with Crippen LogP contribution in [0.15, 0.2) is 59.7 Å². The molecule has 7 heteroatoms. The van der Waals surface area contributed by atoms with Crippen LogP contribution in [-0.2, 0) is 6.54 Å². The highest BCUT2D eigenvalue weighted by atomic mass is 32.1. The molecule has 0 spiro atoms. The maximum absolute atomic E-state index is 10.5. The van der Waals surface area contributed by atoms with Gasteiger partial charge in [-0.1, -0.05) is 12.1 Å². The van der Waals surface area contributed by atoms with Gasteiger partial charge in [-0.15, -0.1) is 11.3 Å². The number of rotatable bonds is 6. The second kappa shape index (κ2) is 7.97. The van der Waals surface area contributed by atoms with Crippen LogP contribution in [0.25, 0.3) is 16.8 Å². The van der Waals surface area contributed by atoms with Gasteiger partial charge in [-0.25, -0.2) is 4.98 Å². The summed E-state index contributed by atoms with van der Waals surface area (Å²) in [5.74, 6) is 2.05. The molecule has 0 saturated carbocycles. The molecule has 4 rings (SSSR count). The van der Waals surface area contributed by atoms with Crippen LogP contribution in [0.1, 0.15) is 10.6 Å². The van der Waals surface area contributed by atoms with Crippen LogP contribution in [0.3, 0.4) is 0 Å². The summed E-state index contributed by atoms with van der Waals surface area (Å²) >= 11 is 1.43. The first-order chi connectivity index (χ1) is 14.1. The van der Waals surface area contributed by atoms with E-state index in [0.717, 1.165) is 28.3 Å². The fourth-order valence-electron chi connectivity index (χ4n) is 3.23. The van der Waals surface area contributed by atoms with E-state index in [1.54, 1.807) is 14.2 Å². The number of aliphatic hydroxyl groups is 1. The standard InChI is InChI=1S/C22H21N3O3S/c1-27-16-7-3-14(4-8-16)11-25-12-19(26)20(21(25)23)22-24-18(13-29-22)15-5-9-17(28-2)10-6-15/h3-10,13,23,26H,11-12H2,1-2H3. The Labute approximate surface area is 173 Å². The number of ether oxygens (including phenoxy) is 2. The summed E-state index contributed by atoms with van der Waals surface area (Å²) in [5.41, 5.74) is 3.33. The number of benzene rings is 2. The van der Waals surface area contributed by atoms with Crippen molar-refractivity contribution in [3.05, 3.63) is 70.2 Å². The lowest BCUT2D eigenvalue weighted by atomic mass is 10.1. The summed E-state index contributed by atoms with van der Waals surface area (Å²) in [6.45, 7) is 0.838. The number of nitrogens with zero attached hydrogens (tertiary/aromatic N) is 2. The highest BCUT2D eigenvalue weighted by molar-refractivity contribution is 7.11. The maximum Gasteiger partial charge on any atom is 0.135 e. The number of amidine groups is 1. The van der Waals surface area contributed by atoms with Gasteiger partial charge in [0.1, 0.15) is 28.1 Å². The van der Waals surface area contributed by atoms with Crippen molar-refractivity contribution >= 4 is 22.7 Å². The van der Waals surface area contributed by atoms with Gasteiger partial charge < -0.3 is 19.5 Å². The molecule has 0 fully saturated rings. The first-order valence-electron chi connectivity index (χ1n) is 9.08. The Balaban J connectivity index is 1.51. The Morgan fingerprint density at radius 3 is 2.28 bits per heavy atom. The molecule has 148 valence electrons. The Morgan fingerprint density at radius 1 is 1.03 bits per heavy atom. The highest BCUT2D eigenvalue weighted by Gasteiger charge is 2.30. The van der Waals surface area contributed by atoms with E-state index in [4.69, 9.17) is 14.9 Å². The largest absolute Gasteiger partial charge is 0.510 e. The normalized spacial score (nSPS) is 13.9. The van der Waals surface area contributed by atoms with Crippen LogP contribution >= 0.6 is 11.3 Å². The van der Waals surface area contributed by atoms with Gasteiger partial charge in [0.25, 0.3) is 0 Å². The van der Waals surface area contributed by atoms with Crippen LogP contribution in [0.5, 0.6) is 11.5 Å². The van der Waals surface area contributed by atoms with Crippen LogP contribution in [-0.4, -0.2) is 41.6 Å². The van der Waals surface area contributed by atoms with Crippen molar-refractivity contribution in [2.24, 2.45) is 0 Å². The third-order valence-corrected chi connectivity index (χ3v) is 5.68. The van der Waals surface area contributed by atoms with E-state index in [9.17, 15) is 5.11 Å². The Hall–Kier alpha value is -3.32. The number of hydrogen-bond acceptors (Lipinski definition) is 6. The lowest BCUT2D eigenvalue weighted by Gasteiger charge is -2.18. The molecule has 0 aliphatic carbocycles. The summed E-state index contributed by atoms with van der Waals surface area (Å²) in [4.78, 5) is 6.49. The number of aliphatic hydroxyl groups excluding tert-OH is 1. The van der Waals surface area contributed by atoms with Gasteiger partial charge in [0.2, 0.25) is 0 Å². The van der Waals surface area contributed by atoms with Gasteiger partial charge in [-0.2, -0.15) is 0 Å². The maximum atomic E-state index is 10.5. The lowest BCUT2D eigenvalue weighted by molar-refractivity contribution is 0.346. The van der Waals surface area contributed by atoms with E-state index in [1.807, 2.05) is 58.8 Å². The Morgan fingerprint density at radius 2 is 1.66 bits per heavy atom. The van der Waals surface area contributed by atoms with Gasteiger partial charge in [0.05, 0.1) is 32.0 Å². The molecule has 0 unspecified atom stereocenters.